The topological polar surface area (TPSA) is 97.9 Å². The summed E-state index contributed by atoms with van der Waals surface area (Å²) in [6.07, 6.45) is 2.78. The Kier molecular flexibility index (Phi) is 5.97. The molecule has 0 radical (unpaired) electrons. The molecule has 4 atom stereocenters. The van der Waals surface area contributed by atoms with Crippen molar-refractivity contribution >= 4 is 11.9 Å². The highest BCUT2D eigenvalue weighted by molar-refractivity contribution is 5.81. The van der Waals surface area contributed by atoms with Gasteiger partial charge in [0.05, 0.1) is 19.1 Å². The number of nitrogens with zero attached hydrogens (tertiary/aromatic N) is 3. The maximum absolute atomic E-state index is 13.3. The van der Waals surface area contributed by atoms with Crippen LogP contribution in [-0.4, -0.2) is 65.6 Å². The SMILES string of the molecule is COC(=O)[C@H]1CCCN(Cc2ccc3n(c2=O)C[C@H]2C[C@@H]3CN(C(=O)[C@H](C)N)C2)C1. The molecular formula is C22H32N4O4. The molecule has 1 aromatic rings. The van der Waals surface area contributed by atoms with Gasteiger partial charge in [-0.05, 0) is 44.7 Å². The minimum Gasteiger partial charge on any atom is -0.469 e. The van der Waals surface area contributed by atoms with Gasteiger partial charge in [-0.1, -0.05) is 6.07 Å². The van der Waals surface area contributed by atoms with Crippen molar-refractivity contribution in [2.45, 2.75) is 51.2 Å². The van der Waals surface area contributed by atoms with Crippen molar-refractivity contribution in [1.29, 1.82) is 0 Å². The first-order valence-electron chi connectivity index (χ1n) is 10.9. The van der Waals surface area contributed by atoms with Crippen molar-refractivity contribution in [3.05, 3.63) is 33.7 Å². The molecule has 30 heavy (non-hydrogen) atoms. The van der Waals surface area contributed by atoms with Crippen LogP contribution < -0.4 is 11.3 Å². The Morgan fingerprint density at radius 2 is 2.03 bits per heavy atom. The minimum atomic E-state index is -0.494. The highest BCUT2D eigenvalue weighted by atomic mass is 16.5. The number of aromatic nitrogens is 1. The number of fused-ring (bicyclic) bond motifs is 4. The fourth-order valence-electron chi connectivity index (χ4n) is 5.38. The van der Waals surface area contributed by atoms with E-state index in [-0.39, 0.29) is 35.2 Å². The number of esters is 1. The van der Waals surface area contributed by atoms with Gasteiger partial charge in [0, 0.05) is 49.9 Å². The molecule has 3 aliphatic rings. The van der Waals surface area contributed by atoms with Crippen molar-refractivity contribution in [1.82, 2.24) is 14.4 Å². The summed E-state index contributed by atoms with van der Waals surface area (Å²) in [7, 11) is 1.43. The third-order valence-electron chi connectivity index (χ3n) is 6.82. The van der Waals surface area contributed by atoms with E-state index in [0.29, 0.717) is 32.7 Å². The first-order chi connectivity index (χ1) is 14.4. The van der Waals surface area contributed by atoms with Crippen LogP contribution in [-0.2, 0) is 27.4 Å². The van der Waals surface area contributed by atoms with Crippen LogP contribution in [0.1, 0.15) is 43.4 Å². The summed E-state index contributed by atoms with van der Waals surface area (Å²) >= 11 is 0. The number of carbonyl (C=O) groups is 2. The Morgan fingerprint density at radius 1 is 1.23 bits per heavy atom. The van der Waals surface area contributed by atoms with Crippen LogP contribution in [0, 0.1) is 11.8 Å². The van der Waals surface area contributed by atoms with Gasteiger partial charge in [-0.15, -0.1) is 0 Å². The first kappa shape index (κ1) is 21.1. The molecule has 2 N–H and O–H groups in total. The van der Waals surface area contributed by atoms with E-state index < -0.39 is 6.04 Å². The van der Waals surface area contributed by atoms with Gasteiger partial charge in [0.25, 0.3) is 5.56 Å². The molecule has 0 aromatic carbocycles. The fourth-order valence-corrected chi connectivity index (χ4v) is 5.38. The molecule has 3 aliphatic heterocycles. The summed E-state index contributed by atoms with van der Waals surface area (Å²) < 4.78 is 6.82. The number of pyridine rings is 1. The Bertz CT molecular complexity index is 880. The van der Waals surface area contributed by atoms with Gasteiger partial charge in [0.1, 0.15) is 0 Å². The predicted octanol–water partition coefficient (Wildman–Crippen LogP) is 0.526. The number of methoxy groups -OCH3 is 1. The number of hydrogen-bond acceptors (Lipinski definition) is 6. The lowest BCUT2D eigenvalue weighted by Crippen LogP contribution is -2.52. The second-order valence-electron chi connectivity index (χ2n) is 9.13. The fraction of sp³-hybridized carbons (Fsp3) is 0.682. The minimum absolute atomic E-state index is 0.0117. The summed E-state index contributed by atoms with van der Waals surface area (Å²) in [5.74, 6) is 0.172. The molecule has 8 nitrogen and oxygen atoms in total. The Hall–Kier alpha value is -2.19. The summed E-state index contributed by atoms with van der Waals surface area (Å²) in [6, 6.07) is 3.49. The van der Waals surface area contributed by atoms with Crippen LogP contribution in [0.3, 0.4) is 0 Å². The van der Waals surface area contributed by atoms with E-state index in [1.807, 2.05) is 15.5 Å². The summed E-state index contributed by atoms with van der Waals surface area (Å²) in [5, 5.41) is 0. The third-order valence-corrected chi connectivity index (χ3v) is 6.82. The summed E-state index contributed by atoms with van der Waals surface area (Å²) in [5.41, 5.74) is 7.66. The van der Waals surface area contributed by atoms with Crippen LogP contribution >= 0.6 is 0 Å². The van der Waals surface area contributed by atoms with Crippen LogP contribution in [0.2, 0.25) is 0 Å². The van der Waals surface area contributed by atoms with E-state index in [1.165, 1.54) is 7.11 Å². The highest BCUT2D eigenvalue weighted by Crippen LogP contribution is 2.35. The summed E-state index contributed by atoms with van der Waals surface area (Å²) in [6.45, 7) is 5.73. The lowest BCUT2D eigenvalue weighted by Gasteiger charge is -2.43. The van der Waals surface area contributed by atoms with Crippen molar-refractivity contribution in [3.8, 4) is 0 Å². The maximum Gasteiger partial charge on any atom is 0.309 e. The quantitative estimate of drug-likeness (QED) is 0.719. The van der Waals surface area contributed by atoms with Gasteiger partial charge < -0.3 is 19.9 Å². The predicted molar refractivity (Wildman–Crippen MR) is 112 cm³/mol. The zero-order valence-corrected chi connectivity index (χ0v) is 17.9. The van der Waals surface area contributed by atoms with Crippen molar-refractivity contribution in [2.24, 2.45) is 17.6 Å². The molecular weight excluding hydrogens is 384 g/mol. The molecule has 4 rings (SSSR count). The van der Waals surface area contributed by atoms with Gasteiger partial charge >= 0.3 is 5.97 Å². The second-order valence-corrected chi connectivity index (χ2v) is 9.13. The zero-order chi connectivity index (χ0) is 21.4. The molecule has 0 unspecified atom stereocenters. The summed E-state index contributed by atoms with van der Waals surface area (Å²) in [4.78, 5) is 41.6. The number of piperidine rings is 2. The van der Waals surface area contributed by atoms with E-state index in [4.69, 9.17) is 10.5 Å². The number of ether oxygens (including phenoxy) is 1. The van der Waals surface area contributed by atoms with Crippen LogP contribution in [0.4, 0.5) is 0 Å². The van der Waals surface area contributed by atoms with E-state index in [1.54, 1.807) is 6.92 Å². The zero-order valence-electron chi connectivity index (χ0n) is 17.9. The van der Waals surface area contributed by atoms with E-state index >= 15 is 0 Å². The smallest absolute Gasteiger partial charge is 0.309 e. The third kappa shape index (κ3) is 4.03. The molecule has 1 amide bonds. The van der Waals surface area contributed by atoms with Gasteiger partial charge in [-0.3, -0.25) is 19.3 Å². The monoisotopic (exact) mass is 416 g/mol. The van der Waals surface area contributed by atoms with Crippen LogP contribution in [0.5, 0.6) is 0 Å². The van der Waals surface area contributed by atoms with Crippen molar-refractivity contribution < 1.29 is 14.3 Å². The lowest BCUT2D eigenvalue weighted by atomic mass is 9.82. The Balaban J connectivity index is 1.51. The largest absolute Gasteiger partial charge is 0.469 e. The van der Waals surface area contributed by atoms with Gasteiger partial charge in [-0.2, -0.15) is 0 Å². The molecule has 0 aliphatic carbocycles. The maximum atomic E-state index is 13.3. The Morgan fingerprint density at radius 3 is 2.77 bits per heavy atom. The average Bonchev–Trinajstić information content (AvgIpc) is 2.75. The number of carbonyl (C=O) groups excluding carboxylic acids is 2. The van der Waals surface area contributed by atoms with E-state index in [2.05, 4.69) is 11.0 Å². The van der Waals surface area contributed by atoms with Gasteiger partial charge in [0.2, 0.25) is 5.91 Å². The molecule has 8 heteroatoms. The van der Waals surface area contributed by atoms with Crippen molar-refractivity contribution in [2.75, 3.05) is 33.3 Å². The number of likely N-dealkylation sites (tertiary alicyclic amines) is 2. The molecule has 0 spiro atoms. The molecule has 2 fully saturated rings. The second kappa shape index (κ2) is 8.51. The number of hydrogen-bond donors (Lipinski definition) is 1. The molecule has 1 aromatic heterocycles. The van der Waals surface area contributed by atoms with Gasteiger partial charge in [-0.25, -0.2) is 0 Å². The average molecular weight is 417 g/mol. The van der Waals surface area contributed by atoms with Gasteiger partial charge in [0.15, 0.2) is 0 Å². The first-order valence-corrected chi connectivity index (χ1v) is 10.9. The van der Waals surface area contributed by atoms with E-state index in [0.717, 1.165) is 37.1 Å². The number of amides is 1. The molecule has 2 bridgehead atoms. The lowest BCUT2D eigenvalue weighted by molar-refractivity contribution is -0.147. The number of rotatable bonds is 4. The number of nitrogens with two attached hydrogens (primary N) is 1. The van der Waals surface area contributed by atoms with Crippen LogP contribution in [0.15, 0.2) is 16.9 Å². The van der Waals surface area contributed by atoms with Crippen molar-refractivity contribution in [3.63, 3.8) is 0 Å². The highest BCUT2D eigenvalue weighted by Gasteiger charge is 2.37. The Labute approximate surface area is 177 Å². The molecule has 164 valence electrons. The van der Waals surface area contributed by atoms with E-state index in [9.17, 15) is 14.4 Å². The normalized spacial score (nSPS) is 27.3. The molecule has 4 heterocycles. The standard InChI is InChI=1S/C22H32N4O4/c1-14(23)20(27)25-9-15-8-18(13-25)19-6-5-16(21(28)26(19)10-15)11-24-7-3-4-17(12-24)22(29)30-2/h5-6,14-15,17-18H,3-4,7-13,23H2,1-2H3/t14-,15-,17-,18+/m0/s1. The molecule has 0 saturated carbocycles. The van der Waals surface area contributed by atoms with Crippen LogP contribution in [0.25, 0.3) is 0 Å². The molecule has 2 saturated heterocycles.